The third-order valence-electron chi connectivity index (χ3n) is 4.75. The van der Waals surface area contributed by atoms with E-state index in [2.05, 4.69) is 6.07 Å². The lowest BCUT2D eigenvalue weighted by molar-refractivity contribution is -0.137. The number of hydrogen-bond acceptors (Lipinski definition) is 3. The highest BCUT2D eigenvalue weighted by Crippen LogP contribution is 2.43. The van der Waals surface area contributed by atoms with Gasteiger partial charge in [0.2, 0.25) is 5.91 Å². The Morgan fingerprint density at radius 3 is 2.78 bits per heavy atom. The number of nitrogens with two attached hydrogens (primary N) is 1. The first-order valence-corrected chi connectivity index (χ1v) is 8.06. The second-order valence-corrected chi connectivity index (χ2v) is 6.76. The van der Waals surface area contributed by atoms with Crippen molar-refractivity contribution in [3.8, 4) is 6.07 Å². The van der Waals surface area contributed by atoms with Crippen molar-refractivity contribution in [3.05, 3.63) is 35.6 Å². The SMILES string of the molecule is CC[C@@H](N)C(=O)N1C(C(C)(C)C#N)CC[C@H]1c1cccc(F)c1. The fourth-order valence-corrected chi connectivity index (χ4v) is 3.31. The molecule has 1 aliphatic rings. The summed E-state index contributed by atoms with van der Waals surface area (Å²) in [4.78, 5) is 14.5. The van der Waals surface area contributed by atoms with Crippen molar-refractivity contribution < 1.29 is 9.18 Å². The molecule has 2 N–H and O–H groups in total. The van der Waals surface area contributed by atoms with Crippen LogP contribution in [0.2, 0.25) is 0 Å². The molecule has 0 spiro atoms. The highest BCUT2D eigenvalue weighted by atomic mass is 19.1. The second-order valence-electron chi connectivity index (χ2n) is 6.76. The van der Waals surface area contributed by atoms with E-state index in [0.717, 1.165) is 5.56 Å². The Hall–Kier alpha value is -1.93. The van der Waals surface area contributed by atoms with Crippen LogP contribution in [-0.2, 0) is 4.79 Å². The van der Waals surface area contributed by atoms with Gasteiger partial charge in [-0.05, 0) is 50.8 Å². The molecule has 124 valence electrons. The maximum atomic E-state index is 13.6. The topological polar surface area (TPSA) is 70.1 Å². The maximum Gasteiger partial charge on any atom is 0.240 e. The van der Waals surface area contributed by atoms with Crippen LogP contribution in [0.25, 0.3) is 0 Å². The molecule has 1 fully saturated rings. The number of hydrogen-bond donors (Lipinski definition) is 1. The molecule has 0 saturated carbocycles. The first-order valence-electron chi connectivity index (χ1n) is 8.06. The zero-order chi connectivity index (χ0) is 17.2. The minimum Gasteiger partial charge on any atom is -0.330 e. The van der Waals surface area contributed by atoms with Gasteiger partial charge < -0.3 is 10.6 Å². The van der Waals surface area contributed by atoms with E-state index in [0.29, 0.717) is 19.3 Å². The lowest BCUT2D eigenvalue weighted by Gasteiger charge is -2.37. The first-order chi connectivity index (χ1) is 10.8. The van der Waals surface area contributed by atoms with Crippen LogP contribution >= 0.6 is 0 Å². The van der Waals surface area contributed by atoms with Gasteiger partial charge >= 0.3 is 0 Å². The predicted octanol–water partition coefficient (Wildman–Crippen LogP) is 3.14. The van der Waals surface area contributed by atoms with Gasteiger partial charge in [-0.2, -0.15) is 5.26 Å². The van der Waals surface area contributed by atoms with Crippen LogP contribution in [0.15, 0.2) is 24.3 Å². The molecule has 0 radical (unpaired) electrons. The normalized spacial score (nSPS) is 22.7. The zero-order valence-electron chi connectivity index (χ0n) is 13.9. The van der Waals surface area contributed by atoms with Crippen molar-refractivity contribution in [3.63, 3.8) is 0 Å². The van der Waals surface area contributed by atoms with Crippen LogP contribution in [0.5, 0.6) is 0 Å². The number of amides is 1. The van der Waals surface area contributed by atoms with Gasteiger partial charge in [0, 0.05) is 0 Å². The summed E-state index contributed by atoms with van der Waals surface area (Å²) in [7, 11) is 0. The Balaban J connectivity index is 2.43. The average molecular weight is 317 g/mol. The van der Waals surface area contributed by atoms with Crippen molar-refractivity contribution in [2.24, 2.45) is 11.1 Å². The van der Waals surface area contributed by atoms with Gasteiger partial charge in [0.05, 0.1) is 29.6 Å². The molecule has 1 aliphatic heterocycles. The van der Waals surface area contributed by atoms with Crippen molar-refractivity contribution in [1.29, 1.82) is 5.26 Å². The molecule has 1 heterocycles. The predicted molar refractivity (Wildman–Crippen MR) is 86.7 cm³/mol. The summed E-state index contributed by atoms with van der Waals surface area (Å²) < 4.78 is 13.6. The van der Waals surface area contributed by atoms with Crippen LogP contribution in [0.3, 0.4) is 0 Å². The Morgan fingerprint density at radius 1 is 1.52 bits per heavy atom. The van der Waals surface area contributed by atoms with Gasteiger partial charge in [-0.3, -0.25) is 4.79 Å². The molecule has 0 aliphatic carbocycles. The summed E-state index contributed by atoms with van der Waals surface area (Å²) in [6.45, 7) is 5.53. The molecular weight excluding hydrogens is 293 g/mol. The van der Waals surface area contributed by atoms with E-state index >= 15 is 0 Å². The van der Waals surface area contributed by atoms with Crippen molar-refractivity contribution in [1.82, 2.24) is 4.90 Å². The number of carbonyl (C=O) groups is 1. The summed E-state index contributed by atoms with van der Waals surface area (Å²) in [6, 6.07) is 7.58. The number of halogens is 1. The van der Waals surface area contributed by atoms with Gasteiger partial charge in [0.25, 0.3) is 0 Å². The molecule has 23 heavy (non-hydrogen) atoms. The van der Waals surface area contributed by atoms with E-state index in [9.17, 15) is 14.4 Å². The highest BCUT2D eigenvalue weighted by molar-refractivity contribution is 5.82. The Labute approximate surface area is 137 Å². The standard InChI is InChI=1S/C18H24FN3O/c1-4-14(21)17(23)22-15(12-6-5-7-13(19)10-12)8-9-16(22)18(2,3)11-20/h5-7,10,14-16H,4,8-9,21H2,1-3H3/t14-,15+,16?/m1/s1. The number of carbonyl (C=O) groups excluding carboxylic acids is 1. The van der Waals surface area contributed by atoms with Crippen LogP contribution in [-0.4, -0.2) is 22.9 Å². The molecule has 0 aromatic heterocycles. The van der Waals surface area contributed by atoms with E-state index in [-0.39, 0.29) is 23.8 Å². The third kappa shape index (κ3) is 3.37. The number of nitrogens with zero attached hydrogens (tertiary/aromatic N) is 2. The van der Waals surface area contributed by atoms with E-state index in [1.165, 1.54) is 12.1 Å². The summed E-state index contributed by atoms with van der Waals surface area (Å²) in [6.07, 6.45) is 1.95. The van der Waals surface area contributed by atoms with Gasteiger partial charge in [-0.25, -0.2) is 4.39 Å². The highest BCUT2D eigenvalue weighted by Gasteiger charge is 2.46. The molecule has 1 saturated heterocycles. The molecule has 1 unspecified atom stereocenters. The van der Waals surface area contributed by atoms with Crippen LogP contribution in [0.4, 0.5) is 4.39 Å². The van der Waals surface area contributed by atoms with Crippen LogP contribution < -0.4 is 5.73 Å². The van der Waals surface area contributed by atoms with Gasteiger partial charge in [0.1, 0.15) is 5.82 Å². The molecule has 1 aromatic carbocycles. The Bertz CT molecular complexity index is 623. The number of likely N-dealkylation sites (tertiary alicyclic amines) is 1. The minimum atomic E-state index is -0.675. The van der Waals surface area contributed by atoms with Gasteiger partial charge in [-0.15, -0.1) is 0 Å². The van der Waals surface area contributed by atoms with Crippen LogP contribution in [0, 0.1) is 22.6 Å². The molecule has 3 atom stereocenters. The number of rotatable bonds is 4. The maximum absolute atomic E-state index is 13.6. The summed E-state index contributed by atoms with van der Waals surface area (Å²) in [5.74, 6) is -0.481. The van der Waals surface area contributed by atoms with E-state index in [4.69, 9.17) is 5.73 Å². The Kier molecular flexibility index (Phi) is 5.06. The largest absolute Gasteiger partial charge is 0.330 e. The fraction of sp³-hybridized carbons (Fsp3) is 0.556. The molecule has 1 aromatic rings. The molecule has 4 nitrogen and oxygen atoms in total. The third-order valence-corrected chi connectivity index (χ3v) is 4.75. The Morgan fingerprint density at radius 2 is 2.22 bits per heavy atom. The van der Waals surface area contributed by atoms with Crippen molar-refractivity contribution >= 4 is 5.91 Å². The summed E-state index contributed by atoms with van der Waals surface area (Å²) >= 11 is 0. The van der Waals surface area contributed by atoms with Gasteiger partial charge in [0.15, 0.2) is 0 Å². The number of nitriles is 1. The van der Waals surface area contributed by atoms with Crippen LogP contribution in [0.1, 0.15) is 51.6 Å². The fourth-order valence-electron chi connectivity index (χ4n) is 3.31. The molecule has 5 heteroatoms. The first kappa shape index (κ1) is 17.4. The van der Waals surface area contributed by atoms with Crippen molar-refractivity contribution in [2.75, 3.05) is 0 Å². The summed E-state index contributed by atoms with van der Waals surface area (Å²) in [5, 5.41) is 9.47. The monoisotopic (exact) mass is 317 g/mol. The minimum absolute atomic E-state index is 0.160. The van der Waals surface area contributed by atoms with E-state index in [1.807, 2.05) is 26.8 Å². The molecule has 0 bridgehead atoms. The zero-order valence-corrected chi connectivity index (χ0v) is 13.9. The van der Waals surface area contributed by atoms with E-state index in [1.54, 1.807) is 11.0 Å². The van der Waals surface area contributed by atoms with Crippen molar-refractivity contribution in [2.45, 2.75) is 58.2 Å². The number of benzene rings is 1. The van der Waals surface area contributed by atoms with Gasteiger partial charge in [-0.1, -0.05) is 19.1 Å². The second kappa shape index (κ2) is 6.67. The smallest absolute Gasteiger partial charge is 0.240 e. The summed E-state index contributed by atoms with van der Waals surface area (Å²) in [5.41, 5.74) is 6.05. The molecule has 2 rings (SSSR count). The lowest BCUT2D eigenvalue weighted by atomic mass is 9.84. The molecule has 1 amide bonds. The quantitative estimate of drug-likeness (QED) is 0.927. The average Bonchev–Trinajstić information content (AvgIpc) is 2.99. The van der Waals surface area contributed by atoms with E-state index < -0.39 is 11.5 Å². The lowest BCUT2D eigenvalue weighted by Crippen LogP contribution is -2.50. The molecular formula is C18H24FN3O.